The summed E-state index contributed by atoms with van der Waals surface area (Å²) in [4.78, 5) is 27.8. The standard InChI is InChI=1S/C20H21FN2O2/c1-15(24)17-4-8-19(9-5-17)22-10-12-23(13-11-22)20(25)14-16-2-6-18(21)7-3-16/h2-9H,10-14H2,1H3. The maximum Gasteiger partial charge on any atom is 0.227 e. The van der Waals surface area contributed by atoms with Gasteiger partial charge in [0, 0.05) is 37.4 Å². The SMILES string of the molecule is CC(=O)c1ccc(N2CCN(C(=O)Cc3ccc(F)cc3)CC2)cc1. The topological polar surface area (TPSA) is 40.6 Å². The van der Waals surface area contributed by atoms with E-state index in [4.69, 9.17) is 0 Å². The number of halogens is 1. The van der Waals surface area contributed by atoms with Gasteiger partial charge < -0.3 is 9.80 Å². The molecule has 4 nitrogen and oxygen atoms in total. The minimum atomic E-state index is -0.291. The lowest BCUT2D eigenvalue weighted by atomic mass is 10.1. The van der Waals surface area contributed by atoms with Crippen LogP contribution in [0, 0.1) is 5.82 Å². The average Bonchev–Trinajstić information content (AvgIpc) is 2.64. The summed E-state index contributed by atoms with van der Waals surface area (Å²) in [6.07, 6.45) is 0.299. The van der Waals surface area contributed by atoms with Crippen molar-refractivity contribution in [3.63, 3.8) is 0 Å². The molecule has 2 aromatic rings. The molecular weight excluding hydrogens is 319 g/mol. The van der Waals surface area contributed by atoms with Gasteiger partial charge in [0.1, 0.15) is 5.82 Å². The predicted molar refractivity (Wildman–Crippen MR) is 95.3 cm³/mol. The van der Waals surface area contributed by atoms with E-state index in [-0.39, 0.29) is 17.5 Å². The number of carbonyl (C=O) groups is 2. The molecule has 0 aliphatic carbocycles. The molecule has 0 bridgehead atoms. The first-order valence-electron chi connectivity index (χ1n) is 8.41. The third-order valence-electron chi connectivity index (χ3n) is 4.54. The van der Waals surface area contributed by atoms with Crippen molar-refractivity contribution in [2.45, 2.75) is 13.3 Å². The van der Waals surface area contributed by atoms with Crippen molar-refractivity contribution >= 4 is 17.4 Å². The van der Waals surface area contributed by atoms with Crippen LogP contribution in [-0.4, -0.2) is 42.8 Å². The minimum absolute atomic E-state index is 0.0581. The molecule has 1 fully saturated rings. The first kappa shape index (κ1) is 17.1. The highest BCUT2D eigenvalue weighted by molar-refractivity contribution is 5.94. The van der Waals surface area contributed by atoms with Crippen molar-refractivity contribution < 1.29 is 14.0 Å². The van der Waals surface area contributed by atoms with Gasteiger partial charge in [0.2, 0.25) is 5.91 Å². The second-order valence-corrected chi connectivity index (χ2v) is 6.27. The first-order valence-corrected chi connectivity index (χ1v) is 8.41. The second kappa shape index (κ2) is 7.47. The van der Waals surface area contributed by atoms with Gasteiger partial charge in [0.25, 0.3) is 0 Å². The average molecular weight is 340 g/mol. The number of carbonyl (C=O) groups excluding carboxylic acids is 2. The molecule has 1 amide bonds. The molecule has 0 saturated carbocycles. The van der Waals surface area contributed by atoms with E-state index in [9.17, 15) is 14.0 Å². The van der Waals surface area contributed by atoms with E-state index < -0.39 is 0 Å². The molecule has 130 valence electrons. The van der Waals surface area contributed by atoms with Crippen LogP contribution < -0.4 is 4.90 Å². The Labute approximate surface area is 146 Å². The number of rotatable bonds is 4. The van der Waals surface area contributed by atoms with E-state index >= 15 is 0 Å². The zero-order valence-corrected chi connectivity index (χ0v) is 14.2. The van der Waals surface area contributed by atoms with Crippen LogP contribution in [0.2, 0.25) is 0 Å². The lowest BCUT2D eigenvalue weighted by Gasteiger charge is -2.36. The van der Waals surface area contributed by atoms with Gasteiger partial charge in [0.05, 0.1) is 6.42 Å². The predicted octanol–water partition coefficient (Wildman–Crippen LogP) is 2.92. The van der Waals surface area contributed by atoms with Gasteiger partial charge in [-0.1, -0.05) is 12.1 Å². The van der Waals surface area contributed by atoms with Crippen LogP contribution in [0.25, 0.3) is 0 Å². The Balaban J connectivity index is 1.55. The summed E-state index contributed by atoms with van der Waals surface area (Å²) in [5.41, 5.74) is 2.60. The number of anilines is 1. The Morgan fingerprint density at radius 3 is 2.08 bits per heavy atom. The highest BCUT2D eigenvalue weighted by Gasteiger charge is 2.21. The number of amides is 1. The molecule has 25 heavy (non-hydrogen) atoms. The summed E-state index contributed by atoms with van der Waals surface area (Å²) in [6, 6.07) is 13.6. The Kier molecular flexibility index (Phi) is 5.12. The summed E-state index contributed by atoms with van der Waals surface area (Å²) in [6.45, 7) is 4.40. The van der Waals surface area contributed by atoms with Gasteiger partial charge in [-0.05, 0) is 48.9 Å². The summed E-state index contributed by atoms with van der Waals surface area (Å²) < 4.78 is 12.9. The molecule has 0 spiro atoms. The van der Waals surface area contributed by atoms with Crippen molar-refractivity contribution in [1.29, 1.82) is 0 Å². The van der Waals surface area contributed by atoms with Gasteiger partial charge in [0.15, 0.2) is 5.78 Å². The van der Waals surface area contributed by atoms with Crippen molar-refractivity contribution in [2.24, 2.45) is 0 Å². The highest BCUT2D eigenvalue weighted by atomic mass is 19.1. The number of piperazine rings is 1. The van der Waals surface area contributed by atoms with Crippen LogP contribution in [0.4, 0.5) is 10.1 Å². The number of hydrogen-bond acceptors (Lipinski definition) is 3. The summed E-state index contributed by atoms with van der Waals surface area (Å²) in [5, 5.41) is 0. The fourth-order valence-corrected chi connectivity index (χ4v) is 3.01. The number of benzene rings is 2. The maximum atomic E-state index is 12.9. The quantitative estimate of drug-likeness (QED) is 0.804. The van der Waals surface area contributed by atoms with E-state index in [0.717, 1.165) is 24.3 Å². The van der Waals surface area contributed by atoms with E-state index in [2.05, 4.69) is 4.90 Å². The Morgan fingerprint density at radius 2 is 1.52 bits per heavy atom. The largest absolute Gasteiger partial charge is 0.368 e. The first-order chi connectivity index (χ1) is 12.0. The number of hydrogen-bond donors (Lipinski definition) is 0. The van der Waals surface area contributed by atoms with Crippen molar-refractivity contribution in [2.75, 3.05) is 31.1 Å². The lowest BCUT2D eigenvalue weighted by molar-refractivity contribution is -0.130. The molecule has 1 heterocycles. The fourth-order valence-electron chi connectivity index (χ4n) is 3.01. The molecule has 0 N–H and O–H groups in total. The molecular formula is C20H21FN2O2. The van der Waals surface area contributed by atoms with Crippen molar-refractivity contribution in [3.05, 3.63) is 65.5 Å². The van der Waals surface area contributed by atoms with Crippen LogP contribution in [-0.2, 0) is 11.2 Å². The van der Waals surface area contributed by atoms with Crippen LogP contribution >= 0.6 is 0 Å². The van der Waals surface area contributed by atoms with E-state index in [1.165, 1.54) is 12.1 Å². The Bertz CT molecular complexity index is 748. The molecule has 0 radical (unpaired) electrons. The maximum absolute atomic E-state index is 12.9. The summed E-state index contributed by atoms with van der Waals surface area (Å²) in [5.74, 6) is -0.165. The molecule has 1 aliphatic rings. The monoisotopic (exact) mass is 340 g/mol. The van der Waals surface area contributed by atoms with Crippen LogP contribution in [0.5, 0.6) is 0 Å². The van der Waals surface area contributed by atoms with Gasteiger partial charge in [-0.3, -0.25) is 9.59 Å². The number of nitrogens with zero attached hydrogens (tertiary/aromatic N) is 2. The van der Waals surface area contributed by atoms with Crippen LogP contribution in [0.15, 0.2) is 48.5 Å². The third-order valence-corrected chi connectivity index (χ3v) is 4.54. The molecule has 3 rings (SSSR count). The summed E-state index contributed by atoms with van der Waals surface area (Å²) in [7, 11) is 0. The molecule has 5 heteroatoms. The number of Topliss-reactive ketones (excluding diaryl/α,β-unsaturated/α-hetero) is 1. The second-order valence-electron chi connectivity index (χ2n) is 6.27. The fraction of sp³-hybridized carbons (Fsp3) is 0.300. The Hall–Kier alpha value is -2.69. The van der Waals surface area contributed by atoms with Gasteiger partial charge in [-0.25, -0.2) is 4.39 Å². The third kappa shape index (κ3) is 4.24. The van der Waals surface area contributed by atoms with Gasteiger partial charge >= 0.3 is 0 Å². The lowest BCUT2D eigenvalue weighted by Crippen LogP contribution is -2.49. The van der Waals surface area contributed by atoms with Gasteiger partial charge in [-0.15, -0.1) is 0 Å². The smallest absolute Gasteiger partial charge is 0.227 e. The zero-order chi connectivity index (χ0) is 17.8. The summed E-state index contributed by atoms with van der Waals surface area (Å²) >= 11 is 0. The molecule has 1 aliphatic heterocycles. The molecule has 0 atom stereocenters. The molecule has 1 saturated heterocycles. The molecule has 0 aromatic heterocycles. The van der Waals surface area contributed by atoms with Crippen molar-refractivity contribution in [3.8, 4) is 0 Å². The van der Waals surface area contributed by atoms with Crippen molar-refractivity contribution in [1.82, 2.24) is 4.90 Å². The Morgan fingerprint density at radius 1 is 0.920 bits per heavy atom. The van der Waals surface area contributed by atoms with E-state index in [0.29, 0.717) is 25.1 Å². The van der Waals surface area contributed by atoms with Crippen LogP contribution in [0.1, 0.15) is 22.8 Å². The van der Waals surface area contributed by atoms with Crippen LogP contribution in [0.3, 0.4) is 0 Å². The number of ketones is 1. The molecule has 2 aromatic carbocycles. The van der Waals surface area contributed by atoms with Gasteiger partial charge in [-0.2, -0.15) is 0 Å². The van der Waals surface area contributed by atoms with E-state index in [1.54, 1.807) is 19.1 Å². The minimum Gasteiger partial charge on any atom is -0.368 e. The normalized spacial score (nSPS) is 14.5. The highest BCUT2D eigenvalue weighted by Crippen LogP contribution is 2.18. The molecule has 0 unspecified atom stereocenters. The van der Waals surface area contributed by atoms with E-state index in [1.807, 2.05) is 29.2 Å². The zero-order valence-electron chi connectivity index (χ0n) is 14.2.